The van der Waals surface area contributed by atoms with Crippen LogP contribution in [0.5, 0.6) is 11.5 Å². The van der Waals surface area contributed by atoms with E-state index in [0.717, 1.165) is 25.2 Å². The van der Waals surface area contributed by atoms with Crippen LogP contribution in [-0.4, -0.2) is 53.9 Å². The van der Waals surface area contributed by atoms with Crippen molar-refractivity contribution in [3.05, 3.63) is 83.2 Å². The summed E-state index contributed by atoms with van der Waals surface area (Å²) in [5.74, 6) is -0.350. The van der Waals surface area contributed by atoms with E-state index in [2.05, 4.69) is 10.2 Å². The molecule has 0 aromatic heterocycles. The molecule has 2 N–H and O–H groups in total. The van der Waals surface area contributed by atoms with Crippen molar-refractivity contribution >= 4 is 12.1 Å². The molecular weight excluding hydrogens is 551 g/mol. The Morgan fingerprint density at radius 3 is 2.49 bits per heavy atom. The molecule has 1 unspecified atom stereocenters. The molecule has 0 bridgehead atoms. The van der Waals surface area contributed by atoms with Gasteiger partial charge in [-0.15, -0.1) is 0 Å². The van der Waals surface area contributed by atoms with Crippen LogP contribution in [0, 0.1) is 5.82 Å². The fraction of sp³-hybridized carbons (Fsp3) is 0.412. The maximum absolute atomic E-state index is 16.0. The molecule has 0 saturated carbocycles. The molecule has 1 fully saturated rings. The van der Waals surface area contributed by atoms with Crippen LogP contribution in [0.4, 0.5) is 9.18 Å². The number of hydrogen-bond acceptors (Lipinski definition) is 6. The van der Waals surface area contributed by atoms with Crippen molar-refractivity contribution in [2.75, 3.05) is 26.2 Å². The fourth-order valence-electron chi connectivity index (χ4n) is 5.07. The Balaban J connectivity index is 1.59. The first-order valence-electron chi connectivity index (χ1n) is 14.7. The van der Waals surface area contributed by atoms with Gasteiger partial charge < -0.3 is 24.6 Å². The highest BCUT2D eigenvalue weighted by atomic mass is 19.1. The van der Waals surface area contributed by atoms with E-state index in [-0.39, 0.29) is 13.0 Å². The number of hydrogen-bond donors (Lipinski definition) is 2. The molecule has 230 valence electrons. The zero-order valence-corrected chi connectivity index (χ0v) is 25.3. The van der Waals surface area contributed by atoms with Gasteiger partial charge in [-0.05, 0) is 89.0 Å². The van der Waals surface area contributed by atoms with Crippen molar-refractivity contribution in [3.63, 3.8) is 0 Å². The molecule has 0 radical (unpaired) electrons. The lowest BCUT2D eigenvalue weighted by molar-refractivity contribution is -0.136. The molecule has 1 aliphatic heterocycles. The zero-order chi connectivity index (χ0) is 31.0. The third kappa shape index (κ3) is 9.44. The van der Waals surface area contributed by atoms with Gasteiger partial charge >= 0.3 is 12.1 Å². The van der Waals surface area contributed by atoms with E-state index >= 15 is 4.39 Å². The molecule has 1 heterocycles. The van der Waals surface area contributed by atoms with Gasteiger partial charge in [0.2, 0.25) is 0 Å². The lowest BCUT2D eigenvalue weighted by Crippen LogP contribution is -2.34. The quantitative estimate of drug-likeness (QED) is 0.240. The molecule has 3 aromatic rings. The topological polar surface area (TPSA) is 97.3 Å². The van der Waals surface area contributed by atoms with Crippen molar-refractivity contribution in [2.45, 2.75) is 65.2 Å². The SMILES string of the molecule is CC(NC(=O)OC(C)(C)C)c1cccc(-c2cc(COc3ccccc3CC(=O)O)cc(OCCN3CCCC3)c2)c1F. The van der Waals surface area contributed by atoms with Crippen LogP contribution in [0.1, 0.15) is 63.3 Å². The third-order valence-electron chi connectivity index (χ3n) is 7.09. The molecule has 1 aliphatic rings. The van der Waals surface area contributed by atoms with Crippen LogP contribution in [0.3, 0.4) is 0 Å². The number of halogens is 1. The summed E-state index contributed by atoms with van der Waals surface area (Å²) in [6.45, 7) is 10.6. The van der Waals surface area contributed by atoms with Crippen LogP contribution < -0.4 is 14.8 Å². The second-order valence-electron chi connectivity index (χ2n) is 11.8. The lowest BCUT2D eigenvalue weighted by atomic mass is 9.97. The Morgan fingerprint density at radius 2 is 1.77 bits per heavy atom. The van der Waals surface area contributed by atoms with Gasteiger partial charge in [-0.25, -0.2) is 9.18 Å². The van der Waals surface area contributed by atoms with Crippen LogP contribution in [0.15, 0.2) is 60.7 Å². The minimum Gasteiger partial charge on any atom is -0.492 e. The van der Waals surface area contributed by atoms with Crippen LogP contribution >= 0.6 is 0 Å². The molecule has 43 heavy (non-hydrogen) atoms. The Labute approximate surface area is 252 Å². The highest BCUT2D eigenvalue weighted by Gasteiger charge is 2.22. The monoisotopic (exact) mass is 592 g/mol. The van der Waals surface area contributed by atoms with Crippen molar-refractivity contribution in [1.29, 1.82) is 0 Å². The molecule has 1 atom stereocenters. The molecular formula is C34H41FN2O6. The van der Waals surface area contributed by atoms with Crippen LogP contribution in [0.2, 0.25) is 0 Å². The number of carbonyl (C=O) groups is 2. The van der Waals surface area contributed by atoms with E-state index in [1.807, 2.05) is 12.1 Å². The minimum absolute atomic E-state index is 0.130. The zero-order valence-electron chi connectivity index (χ0n) is 25.3. The first-order chi connectivity index (χ1) is 20.5. The Kier molecular flexibility index (Phi) is 10.6. The van der Waals surface area contributed by atoms with Crippen LogP contribution in [0.25, 0.3) is 11.1 Å². The number of alkyl carbamates (subject to hydrolysis) is 1. The number of likely N-dealkylation sites (tertiary alicyclic amines) is 1. The van der Waals surface area contributed by atoms with Gasteiger partial charge in [-0.3, -0.25) is 9.69 Å². The standard InChI is InChI=1S/C34H41FN2O6/c1-23(36-33(40)43-34(2,3)4)28-11-9-12-29(32(28)35)26-18-24(19-27(20-26)41-17-16-37-14-7-8-15-37)22-42-30-13-6-5-10-25(30)21-31(38)39/h5-6,9-13,18-20,23H,7-8,14-17,21-22H2,1-4H3,(H,36,40)(H,38,39). The molecule has 0 spiro atoms. The predicted molar refractivity (Wildman–Crippen MR) is 163 cm³/mol. The summed E-state index contributed by atoms with van der Waals surface area (Å²) in [7, 11) is 0. The second-order valence-corrected chi connectivity index (χ2v) is 11.8. The largest absolute Gasteiger partial charge is 0.492 e. The van der Waals surface area contributed by atoms with Gasteiger partial charge in [-0.1, -0.05) is 36.4 Å². The Hall–Kier alpha value is -4.11. The van der Waals surface area contributed by atoms with Crippen molar-refractivity contribution in [3.8, 4) is 22.6 Å². The first kappa shape index (κ1) is 31.8. The summed E-state index contributed by atoms with van der Waals surface area (Å²) in [5, 5.41) is 12.0. The molecule has 1 amide bonds. The third-order valence-corrected chi connectivity index (χ3v) is 7.09. The average Bonchev–Trinajstić information content (AvgIpc) is 3.45. The number of carboxylic acid groups (broad SMARTS) is 1. The van der Waals surface area contributed by atoms with E-state index in [0.29, 0.717) is 40.4 Å². The number of carbonyl (C=O) groups excluding carboxylic acids is 1. The number of nitrogens with one attached hydrogen (secondary N) is 1. The summed E-state index contributed by atoms with van der Waals surface area (Å²) in [6.07, 6.45) is 1.60. The number of benzene rings is 3. The number of carboxylic acids is 1. The molecule has 9 heteroatoms. The number of amides is 1. The van der Waals surface area contributed by atoms with Gasteiger partial charge in [-0.2, -0.15) is 0 Å². The van der Waals surface area contributed by atoms with E-state index < -0.39 is 29.5 Å². The van der Waals surface area contributed by atoms with E-state index in [1.165, 1.54) is 12.8 Å². The fourth-order valence-corrected chi connectivity index (χ4v) is 5.07. The van der Waals surface area contributed by atoms with Gasteiger partial charge in [0.15, 0.2) is 0 Å². The minimum atomic E-state index is -0.947. The predicted octanol–water partition coefficient (Wildman–Crippen LogP) is 6.76. The van der Waals surface area contributed by atoms with E-state index in [9.17, 15) is 14.7 Å². The van der Waals surface area contributed by atoms with Crippen molar-refractivity contribution in [1.82, 2.24) is 10.2 Å². The van der Waals surface area contributed by atoms with Crippen LogP contribution in [-0.2, 0) is 22.6 Å². The summed E-state index contributed by atoms with van der Waals surface area (Å²) in [4.78, 5) is 26.0. The summed E-state index contributed by atoms with van der Waals surface area (Å²) in [6, 6.07) is 17.0. The summed E-state index contributed by atoms with van der Waals surface area (Å²) >= 11 is 0. The highest BCUT2D eigenvalue weighted by Crippen LogP contribution is 2.32. The second kappa shape index (κ2) is 14.4. The van der Waals surface area contributed by atoms with Crippen molar-refractivity contribution < 1.29 is 33.3 Å². The van der Waals surface area contributed by atoms with Gasteiger partial charge in [0, 0.05) is 23.2 Å². The molecule has 0 aliphatic carbocycles. The number of rotatable bonds is 12. The van der Waals surface area contributed by atoms with Crippen molar-refractivity contribution in [2.24, 2.45) is 0 Å². The number of ether oxygens (including phenoxy) is 3. The molecule has 8 nitrogen and oxygen atoms in total. The number of aliphatic carboxylic acids is 1. The molecule has 4 rings (SSSR count). The number of nitrogens with zero attached hydrogens (tertiary/aromatic N) is 1. The average molecular weight is 593 g/mol. The Bertz CT molecular complexity index is 1410. The molecule has 3 aromatic carbocycles. The maximum Gasteiger partial charge on any atom is 0.408 e. The normalized spacial score (nSPS) is 14.3. The van der Waals surface area contributed by atoms with Gasteiger partial charge in [0.05, 0.1) is 12.5 Å². The smallest absolute Gasteiger partial charge is 0.408 e. The van der Waals surface area contributed by atoms with E-state index in [4.69, 9.17) is 14.2 Å². The highest BCUT2D eigenvalue weighted by molar-refractivity contribution is 5.72. The summed E-state index contributed by atoms with van der Waals surface area (Å²) in [5.41, 5.74) is 1.91. The number of para-hydroxylation sites is 1. The van der Waals surface area contributed by atoms with E-state index in [1.54, 1.807) is 76.2 Å². The van der Waals surface area contributed by atoms with Gasteiger partial charge in [0.25, 0.3) is 0 Å². The van der Waals surface area contributed by atoms with Gasteiger partial charge in [0.1, 0.15) is 36.1 Å². The Morgan fingerprint density at radius 1 is 1.02 bits per heavy atom. The first-order valence-corrected chi connectivity index (χ1v) is 14.7. The lowest BCUT2D eigenvalue weighted by Gasteiger charge is -2.22. The maximum atomic E-state index is 16.0. The summed E-state index contributed by atoms with van der Waals surface area (Å²) < 4.78 is 33.6. The molecule has 1 saturated heterocycles.